The zero-order chi connectivity index (χ0) is 11.3. The Morgan fingerprint density at radius 1 is 1.47 bits per heavy atom. The Bertz CT molecular complexity index is 236. The van der Waals surface area contributed by atoms with Gasteiger partial charge >= 0.3 is 0 Å². The van der Waals surface area contributed by atoms with Crippen molar-refractivity contribution in [1.29, 1.82) is 0 Å². The van der Waals surface area contributed by atoms with Crippen molar-refractivity contribution in [2.24, 2.45) is 0 Å². The highest BCUT2D eigenvalue weighted by molar-refractivity contribution is 7.85. The molecule has 5 heteroatoms. The topological polar surface area (TPSA) is 58.2 Å². The van der Waals surface area contributed by atoms with E-state index in [1.807, 2.05) is 13.8 Å². The molecule has 0 aromatic rings. The summed E-state index contributed by atoms with van der Waals surface area (Å²) in [4.78, 5) is 11.4. The summed E-state index contributed by atoms with van der Waals surface area (Å²) in [6.07, 6.45) is 1.83. The lowest BCUT2D eigenvalue weighted by Crippen LogP contribution is -2.48. The Hall–Kier alpha value is -0.420. The van der Waals surface area contributed by atoms with E-state index in [9.17, 15) is 9.00 Å². The molecular formula is C10H20N2O2S. The summed E-state index contributed by atoms with van der Waals surface area (Å²) < 4.78 is 11.1. The fourth-order valence-corrected chi connectivity index (χ4v) is 3.02. The van der Waals surface area contributed by atoms with Gasteiger partial charge in [-0.15, -0.1) is 0 Å². The molecule has 0 aromatic heterocycles. The van der Waals surface area contributed by atoms with E-state index in [2.05, 4.69) is 10.6 Å². The summed E-state index contributed by atoms with van der Waals surface area (Å²) in [6.45, 7) is 4.45. The first kappa shape index (κ1) is 12.6. The monoisotopic (exact) mass is 232 g/mol. The van der Waals surface area contributed by atoms with E-state index < -0.39 is 10.8 Å². The molecule has 0 radical (unpaired) electrons. The van der Waals surface area contributed by atoms with E-state index in [0.29, 0.717) is 12.6 Å². The van der Waals surface area contributed by atoms with Gasteiger partial charge in [0.05, 0.1) is 6.04 Å². The van der Waals surface area contributed by atoms with Crippen molar-refractivity contribution in [1.82, 2.24) is 10.6 Å². The van der Waals surface area contributed by atoms with Crippen LogP contribution >= 0.6 is 0 Å². The molecular weight excluding hydrogens is 212 g/mol. The Kier molecular flexibility index (Phi) is 5.25. The third-order valence-electron chi connectivity index (χ3n) is 2.62. The van der Waals surface area contributed by atoms with Gasteiger partial charge in [-0.3, -0.25) is 9.00 Å². The van der Waals surface area contributed by atoms with Crippen molar-refractivity contribution in [3.05, 3.63) is 0 Å². The summed E-state index contributed by atoms with van der Waals surface area (Å²) in [6, 6.07) is 0.196. The third-order valence-corrected chi connectivity index (χ3v) is 4.00. The minimum Gasteiger partial charge on any atom is -0.355 e. The van der Waals surface area contributed by atoms with E-state index in [1.54, 1.807) is 0 Å². The Balaban J connectivity index is 2.28. The quantitative estimate of drug-likeness (QED) is 0.718. The SMILES string of the molecule is CCNC(=O)C(C)NC1CCS(=O)CC1. The van der Waals surface area contributed by atoms with Crippen LogP contribution in [0.15, 0.2) is 0 Å². The van der Waals surface area contributed by atoms with Crippen molar-refractivity contribution in [3.8, 4) is 0 Å². The largest absolute Gasteiger partial charge is 0.355 e. The molecule has 1 aliphatic rings. The number of likely N-dealkylation sites (N-methyl/N-ethyl adjacent to an activating group) is 1. The molecule has 1 aliphatic heterocycles. The van der Waals surface area contributed by atoms with Crippen LogP contribution < -0.4 is 10.6 Å². The van der Waals surface area contributed by atoms with Gasteiger partial charge in [0.2, 0.25) is 5.91 Å². The fraction of sp³-hybridized carbons (Fsp3) is 0.900. The number of hydrogen-bond donors (Lipinski definition) is 2. The second kappa shape index (κ2) is 6.23. The lowest BCUT2D eigenvalue weighted by molar-refractivity contribution is -0.122. The molecule has 1 fully saturated rings. The fourth-order valence-electron chi connectivity index (χ4n) is 1.72. The Morgan fingerprint density at radius 3 is 2.60 bits per heavy atom. The molecule has 0 spiro atoms. The number of hydrogen-bond acceptors (Lipinski definition) is 3. The second-order valence-corrected chi connectivity index (χ2v) is 5.60. The predicted octanol–water partition coefficient (Wildman–Crippen LogP) is 0.0117. The maximum atomic E-state index is 11.4. The van der Waals surface area contributed by atoms with Crippen LogP contribution in [0.25, 0.3) is 0 Å². The Labute approximate surface area is 93.7 Å². The number of rotatable bonds is 4. The minimum atomic E-state index is -0.630. The van der Waals surface area contributed by atoms with Gasteiger partial charge in [-0.2, -0.15) is 0 Å². The van der Waals surface area contributed by atoms with Crippen molar-refractivity contribution in [2.75, 3.05) is 18.1 Å². The summed E-state index contributed by atoms with van der Waals surface area (Å²) in [5.41, 5.74) is 0. The lowest BCUT2D eigenvalue weighted by Gasteiger charge is -2.25. The maximum absolute atomic E-state index is 11.4. The zero-order valence-corrected chi connectivity index (χ0v) is 10.2. The first-order chi connectivity index (χ1) is 7.13. The standard InChI is InChI=1S/C10H20N2O2S/c1-3-11-10(13)8(2)12-9-4-6-15(14)7-5-9/h8-9,12H,3-7H2,1-2H3,(H,11,13). The van der Waals surface area contributed by atoms with E-state index in [1.165, 1.54) is 0 Å². The molecule has 0 aromatic carbocycles. The van der Waals surface area contributed by atoms with Crippen LogP contribution in [0.5, 0.6) is 0 Å². The van der Waals surface area contributed by atoms with Gasteiger partial charge in [-0.1, -0.05) is 0 Å². The van der Waals surface area contributed by atoms with Crippen LogP contribution in [-0.2, 0) is 15.6 Å². The second-order valence-electron chi connectivity index (χ2n) is 3.91. The highest BCUT2D eigenvalue weighted by Crippen LogP contribution is 2.09. The first-order valence-electron chi connectivity index (χ1n) is 5.52. The van der Waals surface area contributed by atoms with E-state index in [0.717, 1.165) is 24.3 Å². The molecule has 0 bridgehead atoms. The molecule has 0 aliphatic carbocycles. The van der Waals surface area contributed by atoms with Crippen molar-refractivity contribution in [3.63, 3.8) is 0 Å². The smallest absolute Gasteiger partial charge is 0.236 e. The molecule has 4 nitrogen and oxygen atoms in total. The number of nitrogens with one attached hydrogen (secondary N) is 2. The van der Waals surface area contributed by atoms with Crippen molar-refractivity contribution >= 4 is 16.7 Å². The highest BCUT2D eigenvalue weighted by atomic mass is 32.2. The van der Waals surface area contributed by atoms with Gasteiger partial charge in [0.1, 0.15) is 0 Å². The average Bonchev–Trinajstić information content (AvgIpc) is 2.22. The van der Waals surface area contributed by atoms with Gasteiger partial charge in [0.15, 0.2) is 0 Å². The van der Waals surface area contributed by atoms with Crippen molar-refractivity contribution < 1.29 is 9.00 Å². The average molecular weight is 232 g/mol. The number of carbonyl (C=O) groups excluding carboxylic acids is 1. The van der Waals surface area contributed by atoms with Crippen LogP contribution in [0.4, 0.5) is 0 Å². The molecule has 1 atom stereocenters. The van der Waals surface area contributed by atoms with Crippen LogP contribution in [0.3, 0.4) is 0 Å². The molecule has 88 valence electrons. The van der Waals surface area contributed by atoms with E-state index >= 15 is 0 Å². The summed E-state index contributed by atoms with van der Waals surface area (Å²) in [5.74, 6) is 1.57. The van der Waals surface area contributed by atoms with Gasteiger partial charge < -0.3 is 10.6 Å². The van der Waals surface area contributed by atoms with Gasteiger partial charge in [-0.25, -0.2) is 0 Å². The third kappa shape index (κ3) is 4.30. The van der Waals surface area contributed by atoms with Gasteiger partial charge in [-0.05, 0) is 26.7 Å². The summed E-state index contributed by atoms with van der Waals surface area (Å²) >= 11 is 0. The number of carbonyl (C=O) groups is 1. The molecule has 1 amide bonds. The molecule has 1 saturated heterocycles. The molecule has 15 heavy (non-hydrogen) atoms. The van der Waals surface area contributed by atoms with Gasteiger partial charge in [0, 0.05) is 34.9 Å². The maximum Gasteiger partial charge on any atom is 0.236 e. The van der Waals surface area contributed by atoms with E-state index in [-0.39, 0.29) is 11.9 Å². The molecule has 1 unspecified atom stereocenters. The highest BCUT2D eigenvalue weighted by Gasteiger charge is 2.21. The molecule has 0 saturated carbocycles. The predicted molar refractivity (Wildman–Crippen MR) is 62.2 cm³/mol. The van der Waals surface area contributed by atoms with Gasteiger partial charge in [0.25, 0.3) is 0 Å². The summed E-state index contributed by atoms with van der Waals surface area (Å²) in [7, 11) is -0.630. The Morgan fingerprint density at radius 2 is 2.07 bits per heavy atom. The molecule has 1 rings (SSSR count). The normalized spacial score (nSPS) is 28.4. The molecule has 1 heterocycles. The number of amides is 1. The minimum absolute atomic E-state index is 0.0456. The van der Waals surface area contributed by atoms with Crippen LogP contribution in [0.1, 0.15) is 26.7 Å². The lowest BCUT2D eigenvalue weighted by atomic mass is 10.1. The summed E-state index contributed by atoms with van der Waals surface area (Å²) in [5, 5.41) is 6.06. The zero-order valence-electron chi connectivity index (χ0n) is 9.41. The molecule has 2 N–H and O–H groups in total. The van der Waals surface area contributed by atoms with Crippen molar-refractivity contribution in [2.45, 2.75) is 38.8 Å². The van der Waals surface area contributed by atoms with Crippen LogP contribution in [0, 0.1) is 0 Å². The van der Waals surface area contributed by atoms with E-state index in [4.69, 9.17) is 0 Å². The first-order valence-corrected chi connectivity index (χ1v) is 7.01. The van der Waals surface area contributed by atoms with Crippen LogP contribution in [-0.4, -0.2) is 40.3 Å². The van der Waals surface area contributed by atoms with Crippen LogP contribution in [0.2, 0.25) is 0 Å².